The second-order valence-corrected chi connectivity index (χ2v) is 6.37. The summed E-state index contributed by atoms with van der Waals surface area (Å²) in [7, 11) is 1.89. The van der Waals surface area contributed by atoms with Crippen LogP contribution in [0.3, 0.4) is 0 Å². The van der Waals surface area contributed by atoms with Gasteiger partial charge in [0.25, 0.3) is 0 Å². The molecule has 0 unspecified atom stereocenters. The summed E-state index contributed by atoms with van der Waals surface area (Å²) in [5.41, 5.74) is 7.69. The van der Waals surface area contributed by atoms with Crippen LogP contribution in [0.1, 0.15) is 11.1 Å². The zero-order valence-electron chi connectivity index (χ0n) is 16.7. The first kappa shape index (κ1) is 18.5. The minimum absolute atomic E-state index is 0. The van der Waals surface area contributed by atoms with Crippen LogP contribution in [0.4, 0.5) is 22.7 Å². The Morgan fingerprint density at radius 2 is 1.96 bits per heavy atom. The fraction of sp³-hybridized carbons (Fsp3) is 0.200. The van der Waals surface area contributed by atoms with E-state index in [9.17, 15) is 0 Å². The molecule has 3 aromatic rings. The smallest absolute Gasteiger partial charge is 0.231 e. The van der Waals surface area contributed by atoms with Crippen molar-refractivity contribution in [2.24, 2.45) is 15.3 Å². The molecule has 1 aliphatic rings. The van der Waals surface area contributed by atoms with Crippen molar-refractivity contribution in [3.63, 3.8) is 0 Å². The first-order chi connectivity index (χ1) is 13.6. The van der Waals surface area contributed by atoms with E-state index in [1.807, 2.05) is 39.1 Å². The second kappa shape index (κ2) is 8.00. The van der Waals surface area contributed by atoms with E-state index < -0.39 is 0 Å². The van der Waals surface area contributed by atoms with Crippen LogP contribution in [-0.4, -0.2) is 13.8 Å². The van der Waals surface area contributed by atoms with Crippen molar-refractivity contribution in [3.8, 4) is 11.5 Å². The number of azo groups is 1. The Morgan fingerprint density at radius 1 is 1.11 bits per heavy atom. The van der Waals surface area contributed by atoms with E-state index in [0.717, 1.165) is 27.6 Å². The minimum atomic E-state index is -0.00209. The molecule has 141 valence electrons. The van der Waals surface area contributed by atoms with E-state index >= 15 is 0 Å². The summed E-state index contributed by atoms with van der Waals surface area (Å²) in [6.07, 6.45) is 0. The van der Waals surface area contributed by atoms with Gasteiger partial charge >= 0.3 is 0 Å². The van der Waals surface area contributed by atoms with Crippen LogP contribution in [-0.2, 0) is 18.6 Å². The molecule has 28 heavy (non-hydrogen) atoms. The third kappa shape index (κ3) is 3.46. The van der Waals surface area contributed by atoms with Crippen molar-refractivity contribution in [2.75, 3.05) is 19.2 Å². The summed E-state index contributed by atoms with van der Waals surface area (Å²) in [6, 6.07) is 11.6. The molecule has 0 aromatic heterocycles. The van der Waals surface area contributed by atoms with E-state index in [4.69, 9.17) is 10.9 Å². The van der Waals surface area contributed by atoms with E-state index in [-0.39, 0.29) is 25.3 Å². The van der Waals surface area contributed by atoms with Crippen LogP contribution in [0.2, 0.25) is 1.41 Å². The van der Waals surface area contributed by atoms with Crippen LogP contribution in [0.5, 0.6) is 11.5 Å². The van der Waals surface area contributed by atoms with Gasteiger partial charge in [-0.1, -0.05) is 0 Å². The molecule has 0 saturated carbocycles. The van der Waals surface area contributed by atoms with Crippen molar-refractivity contribution < 1.29 is 29.4 Å². The third-order valence-corrected chi connectivity index (χ3v) is 4.61. The third-order valence-electron chi connectivity index (χ3n) is 4.61. The monoisotopic (exact) mass is 413 g/mol. The van der Waals surface area contributed by atoms with Crippen LogP contribution in [0, 0.1) is 19.4 Å². The largest absolute Gasteiger partial charge is 0.455 e. The van der Waals surface area contributed by atoms with Gasteiger partial charge in [-0.25, -0.2) is 5.52 Å². The number of anilines is 1. The molecule has 0 fully saturated rings. The van der Waals surface area contributed by atoms with Gasteiger partial charge in [0.15, 0.2) is 11.5 Å². The fourth-order valence-corrected chi connectivity index (χ4v) is 3.14. The van der Waals surface area contributed by atoms with Gasteiger partial charge in [0.1, 0.15) is 11.4 Å². The van der Waals surface area contributed by atoms with Gasteiger partial charge in [0.2, 0.25) is 8.20 Å². The minimum Gasteiger partial charge on any atom is -0.455 e. The average molecular weight is 413 g/mol. The van der Waals surface area contributed by atoms with E-state index in [1.165, 1.54) is 0 Å². The predicted octanol–water partition coefficient (Wildman–Crippen LogP) is 6.30. The summed E-state index contributed by atoms with van der Waals surface area (Å²) in [6.45, 7) is 3.85. The molecule has 1 heterocycles. The molecule has 0 spiro atoms. The predicted molar refractivity (Wildman–Crippen MR) is 105 cm³/mol. The molecule has 0 bridgehead atoms. The molecule has 3 aromatic carbocycles. The molecule has 0 amide bonds. The number of nitrogens with zero attached hydrogens (tertiary/aromatic N) is 3. The van der Waals surface area contributed by atoms with Gasteiger partial charge in [-0.2, -0.15) is 5.11 Å². The van der Waals surface area contributed by atoms with Crippen molar-refractivity contribution in [1.29, 1.82) is 5.52 Å². The van der Waals surface area contributed by atoms with Gasteiger partial charge in [0, 0.05) is 42.7 Å². The zero-order chi connectivity index (χ0) is 19.7. The van der Waals surface area contributed by atoms with Gasteiger partial charge in [0.05, 0.1) is 5.69 Å². The van der Waals surface area contributed by atoms with Crippen molar-refractivity contribution in [1.82, 2.24) is 0 Å². The number of rotatable bonds is 2. The Labute approximate surface area is 176 Å². The van der Waals surface area contributed by atoms with Crippen molar-refractivity contribution in [2.45, 2.75) is 13.8 Å². The topological polar surface area (TPSA) is 91.4 Å². The Hall–Kier alpha value is -2.90. The van der Waals surface area contributed by atoms with Crippen LogP contribution < -0.4 is 14.8 Å². The standard InChI is InChI=1S/C20H19N5O2.V/c1-11-7-17-18(9-16(11)23-21)26-10-27-20-15-5-4-14(22-3)8-13(15)6-12(2)19(20)25-24-17;/h4-9,21-22H,10H2,1-3H3;/i/hD. The summed E-state index contributed by atoms with van der Waals surface area (Å²) in [5.74, 6) is 1.11. The molecule has 1 radical (unpaired) electrons. The number of aryl methyl sites for hydroxylation is 2. The Balaban J connectivity index is 0.00000240. The molecule has 0 atom stereocenters. The average Bonchev–Trinajstić information content (AvgIpc) is 2.77. The van der Waals surface area contributed by atoms with Crippen LogP contribution in [0.15, 0.2) is 51.7 Å². The van der Waals surface area contributed by atoms with E-state index in [2.05, 4.69) is 38.3 Å². The number of hydrogen-bond acceptors (Lipinski definition) is 7. The molecular weight excluding hydrogens is 393 g/mol. The molecule has 4 rings (SSSR count). The molecule has 0 aliphatic carbocycles. The maximum Gasteiger partial charge on any atom is 0.231 e. The SMILES string of the molecule is [2H]N=Nc1cc2c(cc1C)N=Nc1c(C)cc3cc(NC)ccc3c1OCO2.[V]. The number of benzene rings is 3. The van der Waals surface area contributed by atoms with Gasteiger partial charge in [-0.05, 0) is 60.7 Å². The summed E-state index contributed by atoms with van der Waals surface area (Å²) in [5, 5.41) is 17.8. The van der Waals surface area contributed by atoms with Gasteiger partial charge in [-0.3, -0.25) is 0 Å². The normalized spacial score (nSPS) is 13.2. The maximum atomic E-state index is 6.95. The molecular formula is C20H19N5O2V. The van der Waals surface area contributed by atoms with Crippen LogP contribution >= 0.6 is 0 Å². The van der Waals surface area contributed by atoms with Crippen molar-refractivity contribution in [3.05, 3.63) is 47.5 Å². The summed E-state index contributed by atoms with van der Waals surface area (Å²) >= 11 is 0. The summed E-state index contributed by atoms with van der Waals surface area (Å²) in [4.78, 5) is 0. The Bertz CT molecular complexity index is 1130. The molecule has 0 saturated heterocycles. The Kier molecular flexibility index (Phi) is 5.28. The van der Waals surface area contributed by atoms with Crippen molar-refractivity contribution >= 4 is 33.5 Å². The number of fused-ring (bicyclic) bond motifs is 4. The fourth-order valence-electron chi connectivity index (χ4n) is 3.14. The molecule has 8 heteroatoms. The molecule has 7 nitrogen and oxygen atoms in total. The van der Waals surface area contributed by atoms with E-state index in [1.54, 1.807) is 6.07 Å². The molecule has 2 N–H and O–H groups in total. The maximum absolute atomic E-state index is 6.95. The number of ether oxygens (including phenoxy) is 2. The quantitative estimate of drug-likeness (QED) is 0.483. The van der Waals surface area contributed by atoms with Gasteiger partial charge < -0.3 is 14.8 Å². The molecule has 1 aliphatic heterocycles. The van der Waals surface area contributed by atoms with Gasteiger partial charge in [-0.15, -0.1) is 10.2 Å². The summed E-state index contributed by atoms with van der Waals surface area (Å²) < 4.78 is 18.7. The zero-order valence-corrected chi connectivity index (χ0v) is 17.1. The first-order valence-electron chi connectivity index (χ1n) is 8.97. The first-order valence-corrected chi connectivity index (χ1v) is 8.53. The number of hydrogen-bond donors (Lipinski definition) is 2. The number of nitrogens with one attached hydrogen (secondary N) is 2. The van der Waals surface area contributed by atoms with Crippen LogP contribution in [0.25, 0.3) is 10.8 Å². The second-order valence-electron chi connectivity index (χ2n) is 6.37. The van der Waals surface area contributed by atoms with E-state index in [0.29, 0.717) is 28.6 Å². The Morgan fingerprint density at radius 3 is 2.75 bits per heavy atom.